The van der Waals surface area contributed by atoms with Crippen molar-refractivity contribution in [2.45, 2.75) is 6.92 Å². The molecule has 1 aliphatic heterocycles. The molecule has 0 fully saturated rings. The zero-order valence-corrected chi connectivity index (χ0v) is 16.4. The summed E-state index contributed by atoms with van der Waals surface area (Å²) in [6.45, 7) is 1.75. The van der Waals surface area contributed by atoms with E-state index in [0.29, 0.717) is 27.9 Å². The third kappa shape index (κ3) is 3.15. The Kier molecular flexibility index (Phi) is 4.43. The second-order valence-electron chi connectivity index (χ2n) is 6.37. The van der Waals surface area contributed by atoms with Gasteiger partial charge in [-0.05, 0) is 30.0 Å². The minimum Gasteiger partial charge on any atom is -0.435 e. The van der Waals surface area contributed by atoms with E-state index in [1.54, 1.807) is 31.3 Å². The average molecular weight is 391 g/mol. The maximum atomic E-state index is 13.2. The largest absolute Gasteiger partial charge is 0.435 e. The Bertz CT molecular complexity index is 1160. The van der Waals surface area contributed by atoms with Crippen LogP contribution in [0.1, 0.15) is 16.6 Å². The van der Waals surface area contributed by atoms with Crippen LogP contribution in [0, 0.1) is 5.41 Å². The number of fused-ring (bicyclic) bond motifs is 1. The van der Waals surface area contributed by atoms with E-state index in [2.05, 4.69) is 15.7 Å². The van der Waals surface area contributed by atoms with Crippen molar-refractivity contribution >= 4 is 45.4 Å². The summed E-state index contributed by atoms with van der Waals surface area (Å²) in [6, 6.07) is 3.73. The van der Waals surface area contributed by atoms with E-state index in [-0.39, 0.29) is 5.91 Å². The lowest BCUT2D eigenvalue weighted by molar-refractivity contribution is 0.0888. The summed E-state index contributed by atoms with van der Waals surface area (Å²) in [5.41, 5.74) is 5.11. The molecule has 2 aromatic heterocycles. The van der Waals surface area contributed by atoms with Gasteiger partial charge in [-0.1, -0.05) is 0 Å². The van der Waals surface area contributed by atoms with E-state index in [0.717, 1.165) is 22.2 Å². The van der Waals surface area contributed by atoms with Gasteiger partial charge in [-0.2, -0.15) is 0 Å². The Hall–Kier alpha value is -3.48. The van der Waals surface area contributed by atoms with Crippen LogP contribution in [0.3, 0.4) is 0 Å². The molecule has 3 heterocycles. The number of carbonyl (C=O) groups is 1. The summed E-state index contributed by atoms with van der Waals surface area (Å²) >= 11 is 1.30. The molecule has 1 N–H and O–H groups in total. The lowest BCUT2D eigenvalue weighted by Crippen LogP contribution is -2.27. The summed E-state index contributed by atoms with van der Waals surface area (Å²) in [5.74, 6) is 0.652. The van der Waals surface area contributed by atoms with Gasteiger partial charge in [0, 0.05) is 44.4 Å². The molecule has 28 heavy (non-hydrogen) atoms. The van der Waals surface area contributed by atoms with E-state index in [1.807, 2.05) is 31.1 Å². The minimum absolute atomic E-state index is 0.307. The van der Waals surface area contributed by atoms with Crippen molar-refractivity contribution in [3.8, 4) is 0 Å². The molecule has 0 unspecified atom stereocenters. The van der Waals surface area contributed by atoms with Gasteiger partial charge in [0.05, 0.1) is 16.9 Å². The Balaban J connectivity index is 1.70. The van der Waals surface area contributed by atoms with Gasteiger partial charge in [-0.15, -0.1) is 11.3 Å². The molecule has 2 aromatic rings. The number of hydrogen-bond donors (Lipinski definition) is 1. The highest BCUT2D eigenvalue weighted by Gasteiger charge is 2.22. The monoisotopic (exact) mass is 391 g/mol. The summed E-state index contributed by atoms with van der Waals surface area (Å²) in [6.07, 6.45) is 7.86. The van der Waals surface area contributed by atoms with Crippen LogP contribution >= 0.6 is 11.3 Å². The van der Waals surface area contributed by atoms with Crippen LogP contribution in [-0.2, 0) is 4.74 Å². The third-order valence-corrected chi connectivity index (χ3v) is 5.24. The van der Waals surface area contributed by atoms with Crippen molar-refractivity contribution < 1.29 is 9.53 Å². The second kappa shape index (κ2) is 6.92. The summed E-state index contributed by atoms with van der Waals surface area (Å²) in [4.78, 5) is 26.3. The van der Waals surface area contributed by atoms with E-state index >= 15 is 0 Å². The lowest BCUT2D eigenvalue weighted by Gasteiger charge is -2.17. The molecule has 0 spiro atoms. The van der Waals surface area contributed by atoms with Gasteiger partial charge in [-0.25, -0.2) is 9.98 Å². The maximum absolute atomic E-state index is 13.2. The number of anilines is 1. The molecule has 2 bridgehead atoms. The smallest absolute Gasteiger partial charge is 0.273 e. The van der Waals surface area contributed by atoms with Crippen LogP contribution in [0.5, 0.6) is 0 Å². The van der Waals surface area contributed by atoms with E-state index in [1.165, 1.54) is 16.2 Å². The van der Waals surface area contributed by atoms with Crippen molar-refractivity contribution in [1.29, 1.82) is 5.41 Å². The Morgan fingerprint density at radius 1 is 1.36 bits per heavy atom. The molecule has 7 nitrogen and oxygen atoms in total. The van der Waals surface area contributed by atoms with Crippen LogP contribution in [0.15, 0.2) is 64.4 Å². The molecule has 0 aromatic carbocycles. The number of aliphatic imine (C=N–C) groups is 1. The van der Waals surface area contributed by atoms with Gasteiger partial charge in [0.15, 0.2) is 11.7 Å². The number of thiophene rings is 1. The lowest BCUT2D eigenvalue weighted by atomic mass is 10.2. The van der Waals surface area contributed by atoms with Crippen molar-refractivity contribution in [2.24, 2.45) is 4.99 Å². The van der Waals surface area contributed by atoms with Gasteiger partial charge in [0.25, 0.3) is 5.91 Å². The molecule has 8 heteroatoms. The van der Waals surface area contributed by atoms with Crippen LogP contribution < -0.4 is 4.90 Å². The standard InChI is InChI=1S/C20H17N5O2S/c1-12-23-13-4-5-14(9-15(8-13)27-12)25(11-21)20(26)18-10-16-17(24(2)3)6-7-22-19(16)28-18/h4-7,9-11,21H,1-3H3. The number of aromatic nitrogens is 1. The molecular weight excluding hydrogens is 374 g/mol. The zero-order valence-electron chi connectivity index (χ0n) is 15.6. The Morgan fingerprint density at radius 2 is 2.18 bits per heavy atom. The second-order valence-corrected chi connectivity index (χ2v) is 7.40. The van der Waals surface area contributed by atoms with Gasteiger partial charge in [0.2, 0.25) is 0 Å². The zero-order chi connectivity index (χ0) is 19.8. The fourth-order valence-electron chi connectivity index (χ4n) is 2.96. The molecule has 0 saturated heterocycles. The first-order chi connectivity index (χ1) is 13.5. The summed E-state index contributed by atoms with van der Waals surface area (Å²) in [5, 5.41) is 8.71. The molecule has 1 amide bonds. The van der Waals surface area contributed by atoms with E-state index < -0.39 is 0 Å². The van der Waals surface area contributed by atoms with Gasteiger partial charge < -0.3 is 9.64 Å². The number of pyridine rings is 1. The molecule has 0 radical (unpaired) electrons. The fourth-order valence-corrected chi connectivity index (χ4v) is 3.92. The number of hydrogen-bond acceptors (Lipinski definition) is 7. The summed E-state index contributed by atoms with van der Waals surface area (Å²) in [7, 11) is 3.89. The van der Waals surface area contributed by atoms with Gasteiger partial charge >= 0.3 is 0 Å². The van der Waals surface area contributed by atoms with E-state index in [4.69, 9.17) is 10.1 Å². The predicted octanol–water partition coefficient (Wildman–Crippen LogP) is 3.68. The number of amides is 1. The third-order valence-electron chi connectivity index (χ3n) is 4.21. The minimum atomic E-state index is -0.307. The van der Waals surface area contributed by atoms with Crippen LogP contribution in [0.25, 0.3) is 10.2 Å². The quantitative estimate of drug-likeness (QED) is 0.490. The van der Waals surface area contributed by atoms with Crippen LogP contribution in [0.2, 0.25) is 0 Å². The number of carbonyl (C=O) groups excluding carboxylic acids is 1. The highest BCUT2D eigenvalue weighted by atomic mass is 32.1. The molecule has 1 aliphatic carbocycles. The van der Waals surface area contributed by atoms with Crippen molar-refractivity contribution in [3.05, 3.63) is 64.3 Å². The SMILES string of the molecule is CC1=NC2=C=C(C=C(N(C=N)C(=O)c3cc4c(N(C)C)ccnc4s3)C=C2)O1. The molecule has 4 rings (SSSR count). The van der Waals surface area contributed by atoms with Crippen LogP contribution in [-0.4, -0.2) is 42.1 Å². The number of nitrogens with zero attached hydrogens (tertiary/aromatic N) is 4. The first-order valence-corrected chi connectivity index (χ1v) is 9.32. The number of rotatable bonds is 4. The van der Waals surface area contributed by atoms with Crippen molar-refractivity contribution in [1.82, 2.24) is 9.88 Å². The molecular formula is C20H17N5O2S. The van der Waals surface area contributed by atoms with Crippen molar-refractivity contribution in [2.75, 3.05) is 19.0 Å². The van der Waals surface area contributed by atoms with Crippen LogP contribution in [0.4, 0.5) is 5.69 Å². The van der Waals surface area contributed by atoms with Gasteiger partial charge in [0.1, 0.15) is 10.5 Å². The Morgan fingerprint density at radius 3 is 2.93 bits per heavy atom. The van der Waals surface area contributed by atoms with Crippen molar-refractivity contribution in [3.63, 3.8) is 0 Å². The van der Waals surface area contributed by atoms with E-state index in [9.17, 15) is 4.79 Å². The average Bonchev–Trinajstić information content (AvgIpc) is 3.03. The maximum Gasteiger partial charge on any atom is 0.273 e. The molecule has 0 atom stereocenters. The fraction of sp³-hybridized carbons (Fsp3) is 0.150. The number of nitrogens with one attached hydrogen (secondary N) is 1. The normalized spacial score (nSPS) is 15.0. The molecule has 0 saturated carbocycles. The highest BCUT2D eigenvalue weighted by Crippen LogP contribution is 2.32. The molecule has 140 valence electrons. The predicted molar refractivity (Wildman–Crippen MR) is 111 cm³/mol. The number of allylic oxidation sites excluding steroid dienone is 2. The first kappa shape index (κ1) is 17.9. The first-order valence-electron chi connectivity index (χ1n) is 8.50. The highest BCUT2D eigenvalue weighted by molar-refractivity contribution is 7.20. The molecule has 2 aliphatic rings. The topological polar surface area (TPSA) is 81.9 Å². The Labute approximate surface area is 165 Å². The van der Waals surface area contributed by atoms with Gasteiger partial charge in [-0.3, -0.25) is 15.1 Å². The number of ether oxygens (including phenoxy) is 1. The summed E-state index contributed by atoms with van der Waals surface area (Å²) < 4.78 is 5.53.